The van der Waals surface area contributed by atoms with Gasteiger partial charge in [-0.2, -0.15) is 5.10 Å². The van der Waals surface area contributed by atoms with E-state index in [1.165, 1.54) is 6.42 Å². The van der Waals surface area contributed by atoms with E-state index < -0.39 is 0 Å². The van der Waals surface area contributed by atoms with Crippen molar-refractivity contribution in [2.24, 2.45) is 13.0 Å². The normalized spacial score (nSPS) is 17.4. The largest absolute Gasteiger partial charge is 0.480 e. The van der Waals surface area contributed by atoms with Gasteiger partial charge in [-0.05, 0) is 45.7 Å². The molecule has 1 unspecified atom stereocenters. The summed E-state index contributed by atoms with van der Waals surface area (Å²) in [5, 5.41) is 10.5. The second-order valence-electron chi connectivity index (χ2n) is 5.41. The van der Waals surface area contributed by atoms with Crippen molar-refractivity contribution in [1.29, 1.82) is 0 Å². The fourth-order valence-corrected chi connectivity index (χ4v) is 2.53. The minimum atomic E-state index is -0.0707. The molecule has 120 valence electrons. The molecule has 2 rings (SSSR count). The Morgan fingerprint density at radius 1 is 1.52 bits per heavy atom. The highest BCUT2D eigenvalue weighted by Gasteiger charge is 2.15. The number of amides is 1. The summed E-state index contributed by atoms with van der Waals surface area (Å²) >= 11 is 0. The number of aromatic nitrogens is 2. The zero-order valence-corrected chi connectivity index (χ0v) is 13.8. The SMILES string of the molecule is Cc1nn(C)c(C)c1OCC(=O)NCCC1CCNC1.Cl. The Bertz CT molecular complexity index is 470. The van der Waals surface area contributed by atoms with Crippen LogP contribution in [-0.2, 0) is 11.8 Å². The van der Waals surface area contributed by atoms with E-state index in [1.54, 1.807) is 4.68 Å². The minimum absolute atomic E-state index is 0. The van der Waals surface area contributed by atoms with Gasteiger partial charge < -0.3 is 15.4 Å². The Morgan fingerprint density at radius 3 is 2.86 bits per heavy atom. The number of aryl methyl sites for hydroxylation is 2. The number of hydrogen-bond acceptors (Lipinski definition) is 4. The van der Waals surface area contributed by atoms with Gasteiger partial charge in [0.25, 0.3) is 5.91 Å². The van der Waals surface area contributed by atoms with Crippen molar-refractivity contribution in [1.82, 2.24) is 20.4 Å². The molecule has 1 aromatic rings. The van der Waals surface area contributed by atoms with Crippen LogP contribution < -0.4 is 15.4 Å². The van der Waals surface area contributed by atoms with Crippen LogP contribution in [0.1, 0.15) is 24.2 Å². The Balaban J connectivity index is 0.00000220. The molecule has 1 aliphatic heterocycles. The second-order valence-corrected chi connectivity index (χ2v) is 5.41. The molecular formula is C14H25ClN4O2. The molecule has 0 bridgehead atoms. The minimum Gasteiger partial charge on any atom is -0.480 e. The lowest BCUT2D eigenvalue weighted by atomic mass is 10.1. The number of nitrogens with zero attached hydrogens (tertiary/aromatic N) is 2. The Kier molecular flexibility index (Phi) is 6.98. The standard InChI is InChI=1S/C14H24N4O2.ClH/c1-10-14(11(2)18(3)17-10)20-9-13(19)16-7-5-12-4-6-15-8-12;/h12,15H,4-9H2,1-3H3,(H,16,19);1H. The molecule has 1 fully saturated rings. The van der Waals surface area contributed by atoms with Crippen molar-refractivity contribution >= 4 is 18.3 Å². The molecule has 1 atom stereocenters. The number of nitrogens with one attached hydrogen (secondary N) is 2. The van der Waals surface area contributed by atoms with Gasteiger partial charge in [0.2, 0.25) is 0 Å². The molecule has 0 aliphatic carbocycles. The number of halogens is 1. The molecule has 1 aromatic heterocycles. The van der Waals surface area contributed by atoms with Crippen molar-refractivity contribution in [2.75, 3.05) is 26.2 Å². The van der Waals surface area contributed by atoms with Gasteiger partial charge in [0.1, 0.15) is 5.69 Å². The summed E-state index contributed by atoms with van der Waals surface area (Å²) < 4.78 is 7.32. The quantitative estimate of drug-likeness (QED) is 0.820. The lowest BCUT2D eigenvalue weighted by Gasteiger charge is -2.10. The van der Waals surface area contributed by atoms with Crippen LogP contribution in [0.3, 0.4) is 0 Å². The summed E-state index contributed by atoms with van der Waals surface area (Å²) in [6.45, 7) is 6.76. The van der Waals surface area contributed by atoms with Gasteiger partial charge in [0.15, 0.2) is 12.4 Å². The van der Waals surface area contributed by atoms with E-state index in [-0.39, 0.29) is 24.9 Å². The van der Waals surface area contributed by atoms with E-state index in [0.717, 1.165) is 37.4 Å². The fraction of sp³-hybridized carbons (Fsp3) is 0.714. The maximum atomic E-state index is 11.7. The predicted molar refractivity (Wildman–Crippen MR) is 84.0 cm³/mol. The highest BCUT2D eigenvalue weighted by molar-refractivity contribution is 5.85. The third kappa shape index (κ3) is 4.89. The van der Waals surface area contributed by atoms with Gasteiger partial charge >= 0.3 is 0 Å². The number of ether oxygens (including phenoxy) is 1. The summed E-state index contributed by atoms with van der Waals surface area (Å²) in [6.07, 6.45) is 2.24. The molecule has 6 nitrogen and oxygen atoms in total. The molecule has 0 radical (unpaired) electrons. The van der Waals surface area contributed by atoms with Crippen LogP contribution in [0.4, 0.5) is 0 Å². The molecule has 7 heteroatoms. The van der Waals surface area contributed by atoms with E-state index in [9.17, 15) is 4.79 Å². The van der Waals surface area contributed by atoms with Crippen LogP contribution in [-0.4, -0.2) is 41.9 Å². The molecular weight excluding hydrogens is 292 g/mol. The summed E-state index contributed by atoms with van der Waals surface area (Å²) in [5.74, 6) is 1.33. The van der Waals surface area contributed by atoms with Gasteiger partial charge in [-0.25, -0.2) is 0 Å². The van der Waals surface area contributed by atoms with Gasteiger partial charge in [-0.15, -0.1) is 12.4 Å². The Labute approximate surface area is 132 Å². The highest BCUT2D eigenvalue weighted by Crippen LogP contribution is 2.20. The van der Waals surface area contributed by atoms with E-state index in [2.05, 4.69) is 15.7 Å². The first-order valence-electron chi connectivity index (χ1n) is 7.18. The first kappa shape index (κ1) is 17.8. The molecule has 0 saturated carbocycles. The van der Waals surface area contributed by atoms with Crippen LogP contribution in [0.5, 0.6) is 5.75 Å². The zero-order valence-electron chi connectivity index (χ0n) is 12.9. The number of carbonyl (C=O) groups is 1. The van der Waals surface area contributed by atoms with Crippen molar-refractivity contribution in [3.8, 4) is 5.75 Å². The zero-order chi connectivity index (χ0) is 14.5. The maximum Gasteiger partial charge on any atom is 0.257 e. The molecule has 0 spiro atoms. The first-order valence-corrected chi connectivity index (χ1v) is 7.18. The van der Waals surface area contributed by atoms with E-state index in [0.29, 0.717) is 11.7 Å². The fourth-order valence-electron chi connectivity index (χ4n) is 2.53. The van der Waals surface area contributed by atoms with Crippen molar-refractivity contribution < 1.29 is 9.53 Å². The van der Waals surface area contributed by atoms with Crippen LogP contribution in [0.15, 0.2) is 0 Å². The van der Waals surface area contributed by atoms with Crippen molar-refractivity contribution in [3.63, 3.8) is 0 Å². The predicted octanol–water partition coefficient (Wildman–Crippen LogP) is 0.953. The number of carbonyl (C=O) groups excluding carboxylic acids is 1. The molecule has 1 amide bonds. The van der Waals surface area contributed by atoms with Crippen molar-refractivity contribution in [3.05, 3.63) is 11.4 Å². The van der Waals surface area contributed by atoms with Crippen LogP contribution in [0.2, 0.25) is 0 Å². The van der Waals surface area contributed by atoms with Crippen LogP contribution >= 0.6 is 12.4 Å². The summed E-state index contributed by atoms with van der Waals surface area (Å²) in [4.78, 5) is 11.7. The smallest absolute Gasteiger partial charge is 0.257 e. The third-order valence-electron chi connectivity index (χ3n) is 3.83. The van der Waals surface area contributed by atoms with Crippen molar-refractivity contribution in [2.45, 2.75) is 26.7 Å². The molecule has 0 aromatic carbocycles. The maximum absolute atomic E-state index is 11.7. The van der Waals surface area contributed by atoms with Gasteiger partial charge in [-0.1, -0.05) is 0 Å². The van der Waals surface area contributed by atoms with Gasteiger partial charge in [0.05, 0.1) is 5.69 Å². The first-order chi connectivity index (χ1) is 9.58. The monoisotopic (exact) mass is 316 g/mol. The van der Waals surface area contributed by atoms with E-state index in [4.69, 9.17) is 4.74 Å². The average Bonchev–Trinajstić information content (AvgIpc) is 2.98. The van der Waals surface area contributed by atoms with E-state index in [1.807, 2.05) is 20.9 Å². The highest BCUT2D eigenvalue weighted by atomic mass is 35.5. The van der Waals surface area contributed by atoms with Crippen LogP contribution in [0.25, 0.3) is 0 Å². The number of rotatable bonds is 6. The molecule has 1 saturated heterocycles. The molecule has 2 heterocycles. The summed E-state index contributed by atoms with van der Waals surface area (Å²) in [7, 11) is 1.87. The average molecular weight is 317 g/mol. The molecule has 2 N–H and O–H groups in total. The van der Waals surface area contributed by atoms with Gasteiger partial charge in [-0.3, -0.25) is 9.48 Å². The summed E-state index contributed by atoms with van der Waals surface area (Å²) in [6, 6.07) is 0. The third-order valence-corrected chi connectivity index (χ3v) is 3.83. The lowest BCUT2D eigenvalue weighted by Crippen LogP contribution is -2.31. The Morgan fingerprint density at radius 2 is 2.29 bits per heavy atom. The summed E-state index contributed by atoms with van der Waals surface area (Å²) in [5.41, 5.74) is 1.75. The Hall–Kier alpha value is -1.27. The molecule has 1 aliphatic rings. The molecule has 21 heavy (non-hydrogen) atoms. The lowest BCUT2D eigenvalue weighted by molar-refractivity contribution is -0.123. The van der Waals surface area contributed by atoms with Crippen LogP contribution in [0, 0.1) is 19.8 Å². The second kappa shape index (κ2) is 8.24. The van der Waals surface area contributed by atoms with E-state index >= 15 is 0 Å². The topological polar surface area (TPSA) is 68.2 Å². The number of hydrogen-bond donors (Lipinski definition) is 2. The van der Waals surface area contributed by atoms with Gasteiger partial charge in [0, 0.05) is 13.6 Å².